The molecular weight excluding hydrogens is 254 g/mol. The van der Waals surface area contributed by atoms with Gasteiger partial charge in [0, 0.05) is 6.61 Å². The van der Waals surface area contributed by atoms with Gasteiger partial charge in [0.25, 0.3) is 0 Å². The minimum Gasteiger partial charge on any atom is -0.367 e. The second-order valence-corrected chi connectivity index (χ2v) is 6.56. The van der Waals surface area contributed by atoms with Gasteiger partial charge in [0.1, 0.15) is 5.60 Å². The summed E-state index contributed by atoms with van der Waals surface area (Å²) in [7, 11) is 1.88. The smallest absolute Gasteiger partial charge is 0.243 e. The maximum absolute atomic E-state index is 6.07. The molecule has 1 atom stereocenters. The predicted molar refractivity (Wildman–Crippen MR) is 77.3 cm³/mol. The van der Waals surface area contributed by atoms with E-state index in [0.717, 1.165) is 25.7 Å². The summed E-state index contributed by atoms with van der Waals surface area (Å²) < 4.78 is 11.5. The Balaban J connectivity index is 2.22. The first-order chi connectivity index (χ1) is 9.42. The molecule has 0 bridgehead atoms. The van der Waals surface area contributed by atoms with Crippen LogP contribution in [0.15, 0.2) is 4.52 Å². The molecule has 2 rings (SSSR count). The molecule has 5 heteroatoms. The fourth-order valence-electron chi connectivity index (χ4n) is 2.76. The van der Waals surface area contributed by atoms with Crippen LogP contribution in [0.4, 0.5) is 0 Å². The lowest BCUT2D eigenvalue weighted by molar-refractivity contribution is -0.0957. The van der Waals surface area contributed by atoms with Gasteiger partial charge in [0.15, 0.2) is 0 Å². The first-order valence-electron chi connectivity index (χ1n) is 7.58. The minimum atomic E-state index is -0.362. The normalized spacial score (nSPS) is 22.6. The van der Waals surface area contributed by atoms with Crippen LogP contribution in [0.1, 0.15) is 71.1 Å². The van der Waals surface area contributed by atoms with Crippen LogP contribution in [0.5, 0.6) is 0 Å². The topological polar surface area (TPSA) is 60.2 Å². The lowest BCUT2D eigenvalue weighted by Gasteiger charge is -2.41. The van der Waals surface area contributed by atoms with Crippen molar-refractivity contribution < 1.29 is 9.26 Å². The number of hydrogen-bond acceptors (Lipinski definition) is 5. The van der Waals surface area contributed by atoms with Gasteiger partial charge in [-0.05, 0) is 52.0 Å². The van der Waals surface area contributed by atoms with Crippen molar-refractivity contribution >= 4 is 0 Å². The molecule has 5 nitrogen and oxygen atoms in total. The maximum atomic E-state index is 6.07. The quantitative estimate of drug-likeness (QED) is 0.898. The fourth-order valence-corrected chi connectivity index (χ4v) is 2.76. The second kappa shape index (κ2) is 5.82. The standard InChI is InChI=1S/C15H27N3O2/c1-6-19-15(9-7-14(3,4)8-10-15)13-17-12(20-18-13)11(2)16-5/h11,16H,6-10H2,1-5H3. The van der Waals surface area contributed by atoms with Gasteiger partial charge in [-0.3, -0.25) is 0 Å². The minimum absolute atomic E-state index is 0.0648. The van der Waals surface area contributed by atoms with Crippen LogP contribution < -0.4 is 5.32 Å². The average molecular weight is 281 g/mol. The van der Waals surface area contributed by atoms with Crippen LogP contribution in [0.3, 0.4) is 0 Å². The van der Waals surface area contributed by atoms with E-state index in [1.807, 2.05) is 20.9 Å². The van der Waals surface area contributed by atoms with E-state index in [1.54, 1.807) is 0 Å². The van der Waals surface area contributed by atoms with Gasteiger partial charge in [-0.1, -0.05) is 19.0 Å². The largest absolute Gasteiger partial charge is 0.367 e. The van der Waals surface area contributed by atoms with Crippen LogP contribution in [0, 0.1) is 5.41 Å². The third kappa shape index (κ3) is 3.04. The van der Waals surface area contributed by atoms with Crippen LogP contribution in [0.2, 0.25) is 0 Å². The molecule has 0 saturated heterocycles. The Hall–Kier alpha value is -0.940. The van der Waals surface area contributed by atoms with E-state index < -0.39 is 0 Å². The highest BCUT2D eigenvalue weighted by atomic mass is 16.5. The highest BCUT2D eigenvalue weighted by Gasteiger charge is 2.44. The van der Waals surface area contributed by atoms with Gasteiger partial charge in [-0.2, -0.15) is 4.98 Å². The molecule has 1 N–H and O–H groups in total. The molecule has 1 aliphatic rings. The second-order valence-electron chi connectivity index (χ2n) is 6.56. The zero-order valence-electron chi connectivity index (χ0n) is 13.3. The van der Waals surface area contributed by atoms with Crippen molar-refractivity contribution in [2.24, 2.45) is 5.41 Å². The number of ether oxygens (including phenoxy) is 1. The number of aromatic nitrogens is 2. The molecule has 0 aliphatic heterocycles. The average Bonchev–Trinajstić information content (AvgIpc) is 2.91. The molecule has 1 aromatic heterocycles. The number of hydrogen-bond donors (Lipinski definition) is 1. The van der Waals surface area contributed by atoms with Crippen molar-refractivity contribution in [3.05, 3.63) is 11.7 Å². The summed E-state index contributed by atoms with van der Waals surface area (Å²) in [5.74, 6) is 1.35. The highest BCUT2D eigenvalue weighted by Crippen LogP contribution is 2.46. The molecule has 1 unspecified atom stereocenters. The third-order valence-corrected chi connectivity index (χ3v) is 4.48. The van der Waals surface area contributed by atoms with Crippen molar-refractivity contribution in [1.29, 1.82) is 0 Å². The molecule has 0 aromatic carbocycles. The van der Waals surface area contributed by atoms with Crippen LogP contribution in [-0.4, -0.2) is 23.8 Å². The van der Waals surface area contributed by atoms with Gasteiger partial charge in [0.05, 0.1) is 6.04 Å². The molecular formula is C15H27N3O2. The summed E-state index contributed by atoms with van der Waals surface area (Å²) in [5.41, 5.74) is 0.0188. The Morgan fingerprint density at radius 3 is 2.50 bits per heavy atom. The first kappa shape index (κ1) is 15.4. The summed E-state index contributed by atoms with van der Waals surface area (Å²) in [4.78, 5) is 4.58. The lowest BCUT2D eigenvalue weighted by atomic mass is 9.70. The van der Waals surface area contributed by atoms with Crippen LogP contribution in [0.25, 0.3) is 0 Å². The molecule has 1 fully saturated rings. The summed E-state index contributed by atoms with van der Waals surface area (Å²) in [6.45, 7) is 9.33. The molecule has 114 valence electrons. The zero-order valence-corrected chi connectivity index (χ0v) is 13.3. The molecule has 0 spiro atoms. The van der Waals surface area contributed by atoms with Crippen molar-refractivity contribution in [3.63, 3.8) is 0 Å². The monoisotopic (exact) mass is 281 g/mol. The van der Waals surface area contributed by atoms with Gasteiger partial charge in [0.2, 0.25) is 11.7 Å². The molecule has 0 radical (unpaired) electrons. The maximum Gasteiger partial charge on any atom is 0.243 e. The molecule has 1 aromatic rings. The fraction of sp³-hybridized carbons (Fsp3) is 0.867. The van der Waals surface area contributed by atoms with Gasteiger partial charge in [-0.15, -0.1) is 0 Å². The molecule has 20 heavy (non-hydrogen) atoms. The Bertz CT molecular complexity index is 432. The number of rotatable bonds is 5. The van der Waals surface area contributed by atoms with Crippen LogP contribution in [-0.2, 0) is 10.3 Å². The van der Waals surface area contributed by atoms with Crippen molar-refractivity contribution in [2.45, 2.75) is 65.0 Å². The Morgan fingerprint density at radius 2 is 1.95 bits per heavy atom. The van der Waals surface area contributed by atoms with E-state index in [-0.39, 0.29) is 11.6 Å². The molecule has 1 saturated carbocycles. The lowest BCUT2D eigenvalue weighted by Crippen LogP contribution is -2.38. The summed E-state index contributed by atoms with van der Waals surface area (Å²) in [6.07, 6.45) is 4.17. The molecule has 1 aliphatic carbocycles. The predicted octanol–water partition coefficient (Wildman–Crippen LogP) is 3.18. The molecule has 0 amide bonds. The van der Waals surface area contributed by atoms with E-state index in [1.165, 1.54) is 0 Å². The van der Waals surface area contributed by atoms with Crippen molar-refractivity contribution in [3.8, 4) is 0 Å². The Morgan fingerprint density at radius 1 is 1.30 bits per heavy atom. The van der Waals surface area contributed by atoms with E-state index in [2.05, 4.69) is 29.3 Å². The summed E-state index contributed by atoms with van der Waals surface area (Å²) >= 11 is 0. The van der Waals surface area contributed by atoms with Gasteiger partial charge in [-0.25, -0.2) is 0 Å². The number of nitrogens with one attached hydrogen (secondary N) is 1. The van der Waals surface area contributed by atoms with E-state index in [4.69, 9.17) is 9.26 Å². The Kier molecular flexibility index (Phi) is 4.49. The van der Waals surface area contributed by atoms with Crippen LogP contribution >= 0.6 is 0 Å². The first-order valence-corrected chi connectivity index (χ1v) is 7.58. The zero-order chi connectivity index (χ0) is 14.8. The molecule has 1 heterocycles. The number of nitrogens with zero attached hydrogens (tertiary/aromatic N) is 2. The Labute approximate surface area is 121 Å². The van der Waals surface area contributed by atoms with E-state index >= 15 is 0 Å². The SMILES string of the molecule is CCOC1(c2noc(C(C)NC)n2)CCC(C)(C)CC1. The van der Waals surface area contributed by atoms with E-state index in [0.29, 0.717) is 23.7 Å². The van der Waals surface area contributed by atoms with Crippen molar-refractivity contribution in [1.82, 2.24) is 15.5 Å². The van der Waals surface area contributed by atoms with E-state index in [9.17, 15) is 0 Å². The van der Waals surface area contributed by atoms with Gasteiger partial charge < -0.3 is 14.6 Å². The summed E-state index contributed by atoms with van der Waals surface area (Å²) in [6, 6.07) is 0.0648. The highest BCUT2D eigenvalue weighted by molar-refractivity contribution is 5.06. The van der Waals surface area contributed by atoms with Gasteiger partial charge >= 0.3 is 0 Å². The van der Waals surface area contributed by atoms with Crippen molar-refractivity contribution in [2.75, 3.05) is 13.7 Å². The third-order valence-electron chi connectivity index (χ3n) is 4.48. The summed E-state index contributed by atoms with van der Waals surface area (Å²) in [5, 5.41) is 7.31.